The van der Waals surface area contributed by atoms with Crippen LogP contribution < -0.4 is 10.2 Å². The van der Waals surface area contributed by atoms with E-state index in [4.69, 9.17) is 16.9 Å². The Labute approximate surface area is 146 Å². The minimum Gasteiger partial charge on any atom is -0.369 e. The van der Waals surface area contributed by atoms with Crippen molar-refractivity contribution in [3.8, 4) is 6.07 Å². The van der Waals surface area contributed by atoms with E-state index >= 15 is 0 Å². The first kappa shape index (κ1) is 16.8. The van der Waals surface area contributed by atoms with Gasteiger partial charge in [0.15, 0.2) is 0 Å². The zero-order valence-electron chi connectivity index (χ0n) is 13.9. The van der Waals surface area contributed by atoms with Crippen LogP contribution in [0.15, 0.2) is 0 Å². The van der Waals surface area contributed by atoms with Crippen molar-refractivity contribution >= 4 is 29.1 Å². The van der Waals surface area contributed by atoms with Crippen LogP contribution in [0.2, 0.25) is 5.28 Å². The number of anilines is 2. The number of carbonyl (C=O) groups is 1. The predicted octanol–water partition coefficient (Wildman–Crippen LogP) is 1.68. The van der Waals surface area contributed by atoms with Gasteiger partial charge in [0, 0.05) is 32.2 Å². The van der Waals surface area contributed by atoms with Crippen LogP contribution in [-0.2, 0) is 11.2 Å². The molecule has 1 amide bonds. The third kappa shape index (κ3) is 3.11. The van der Waals surface area contributed by atoms with Crippen molar-refractivity contribution in [2.75, 3.05) is 36.9 Å². The molecule has 1 saturated heterocycles. The molecule has 0 radical (unpaired) electrons. The van der Waals surface area contributed by atoms with E-state index in [9.17, 15) is 4.79 Å². The Hall–Kier alpha value is -2.07. The smallest absolute Gasteiger partial charge is 0.236 e. The second-order valence-electron chi connectivity index (χ2n) is 6.44. The molecule has 7 nitrogen and oxygen atoms in total. The summed E-state index contributed by atoms with van der Waals surface area (Å²) < 4.78 is 0. The largest absolute Gasteiger partial charge is 0.369 e. The van der Waals surface area contributed by atoms with Crippen molar-refractivity contribution in [1.82, 2.24) is 14.9 Å². The summed E-state index contributed by atoms with van der Waals surface area (Å²) in [5.41, 5.74) is 1.08. The maximum Gasteiger partial charge on any atom is 0.236 e. The highest BCUT2D eigenvalue weighted by Gasteiger charge is 2.33. The second kappa shape index (κ2) is 6.81. The fourth-order valence-electron chi connectivity index (χ4n) is 3.54. The Morgan fingerprint density at radius 2 is 2.33 bits per heavy atom. The molecule has 3 heterocycles. The SMILES string of the molecule is C[C@@H]1CCN(C(=O)CC#N)C[C@@H]1N(C)c1nc(Cl)nc2c1CCN2. The number of hydrogen-bond acceptors (Lipinski definition) is 6. The van der Waals surface area contributed by atoms with Gasteiger partial charge in [-0.1, -0.05) is 6.92 Å². The van der Waals surface area contributed by atoms with E-state index in [1.807, 2.05) is 13.1 Å². The van der Waals surface area contributed by atoms with Crippen molar-refractivity contribution in [2.45, 2.75) is 32.2 Å². The summed E-state index contributed by atoms with van der Waals surface area (Å²) in [6, 6.07) is 2.08. The molecule has 3 rings (SSSR count). The maximum absolute atomic E-state index is 12.1. The molecule has 2 atom stereocenters. The van der Waals surface area contributed by atoms with Gasteiger partial charge in [-0.25, -0.2) is 9.97 Å². The molecule has 128 valence electrons. The molecule has 0 aromatic carbocycles. The van der Waals surface area contributed by atoms with Gasteiger partial charge in [0.05, 0.1) is 12.1 Å². The minimum atomic E-state index is -0.101. The monoisotopic (exact) mass is 348 g/mol. The summed E-state index contributed by atoms with van der Waals surface area (Å²) in [6.45, 7) is 4.32. The number of hydrogen-bond donors (Lipinski definition) is 1. The molecule has 1 aromatic rings. The molecule has 24 heavy (non-hydrogen) atoms. The van der Waals surface area contributed by atoms with Crippen molar-refractivity contribution in [2.24, 2.45) is 5.92 Å². The molecule has 2 aliphatic heterocycles. The molecule has 8 heteroatoms. The number of amides is 1. The van der Waals surface area contributed by atoms with E-state index in [0.717, 1.165) is 36.6 Å². The number of carbonyl (C=O) groups excluding carboxylic acids is 1. The number of halogens is 1. The summed E-state index contributed by atoms with van der Waals surface area (Å²) in [7, 11) is 2.00. The highest BCUT2D eigenvalue weighted by atomic mass is 35.5. The number of nitrogens with one attached hydrogen (secondary N) is 1. The number of rotatable bonds is 3. The molecule has 0 spiro atoms. The normalized spacial score (nSPS) is 22.5. The molecular weight excluding hydrogens is 328 g/mol. The van der Waals surface area contributed by atoms with Crippen molar-refractivity contribution in [1.29, 1.82) is 5.26 Å². The molecule has 0 bridgehead atoms. The molecule has 0 saturated carbocycles. The van der Waals surface area contributed by atoms with E-state index in [1.54, 1.807) is 4.90 Å². The van der Waals surface area contributed by atoms with Crippen LogP contribution in [-0.4, -0.2) is 53.5 Å². The van der Waals surface area contributed by atoms with Crippen LogP contribution in [0.25, 0.3) is 0 Å². The van der Waals surface area contributed by atoms with E-state index in [0.29, 0.717) is 19.0 Å². The van der Waals surface area contributed by atoms with Crippen LogP contribution >= 0.6 is 11.6 Å². The van der Waals surface area contributed by atoms with Gasteiger partial charge in [-0.2, -0.15) is 5.26 Å². The van der Waals surface area contributed by atoms with Crippen molar-refractivity contribution < 1.29 is 4.79 Å². The third-order valence-corrected chi connectivity index (χ3v) is 5.13. The average molecular weight is 349 g/mol. The molecule has 0 aliphatic carbocycles. The van der Waals surface area contributed by atoms with Crippen molar-refractivity contribution in [3.05, 3.63) is 10.8 Å². The zero-order valence-corrected chi connectivity index (χ0v) is 14.7. The van der Waals surface area contributed by atoms with Gasteiger partial charge in [-0.05, 0) is 30.4 Å². The first-order valence-corrected chi connectivity index (χ1v) is 8.57. The summed E-state index contributed by atoms with van der Waals surface area (Å²) in [5, 5.41) is 12.2. The highest BCUT2D eigenvalue weighted by molar-refractivity contribution is 6.28. The summed E-state index contributed by atoms with van der Waals surface area (Å²) >= 11 is 6.08. The van der Waals surface area contributed by atoms with Gasteiger partial charge in [0.2, 0.25) is 11.2 Å². The molecule has 1 N–H and O–H groups in total. The van der Waals surface area contributed by atoms with E-state index in [1.165, 1.54) is 0 Å². The van der Waals surface area contributed by atoms with Crippen LogP contribution in [0.5, 0.6) is 0 Å². The zero-order chi connectivity index (χ0) is 17.3. The Balaban J connectivity index is 1.85. The Morgan fingerprint density at radius 1 is 1.54 bits per heavy atom. The predicted molar refractivity (Wildman–Crippen MR) is 92.0 cm³/mol. The lowest BCUT2D eigenvalue weighted by Gasteiger charge is -2.42. The number of likely N-dealkylation sites (tertiary alicyclic amines) is 1. The van der Waals surface area contributed by atoms with Crippen molar-refractivity contribution in [3.63, 3.8) is 0 Å². The maximum atomic E-state index is 12.1. The number of nitrogens with zero attached hydrogens (tertiary/aromatic N) is 5. The van der Waals surface area contributed by atoms with Crippen LogP contribution in [0.3, 0.4) is 0 Å². The quantitative estimate of drug-likeness (QED) is 0.836. The lowest BCUT2D eigenvalue weighted by molar-refractivity contribution is -0.131. The number of likely N-dealkylation sites (N-methyl/N-ethyl adjacent to an activating group) is 1. The van der Waals surface area contributed by atoms with Gasteiger partial charge in [-0.15, -0.1) is 0 Å². The Morgan fingerprint density at radius 3 is 3.08 bits per heavy atom. The molecule has 2 aliphatic rings. The van der Waals surface area contributed by atoms with Gasteiger partial charge >= 0.3 is 0 Å². The number of fused-ring (bicyclic) bond motifs is 1. The van der Waals surface area contributed by atoms with Crippen LogP contribution in [0, 0.1) is 17.2 Å². The molecular formula is C16H21ClN6O. The minimum absolute atomic E-state index is 0.0660. The van der Waals surface area contributed by atoms with Crippen LogP contribution in [0.4, 0.5) is 11.6 Å². The third-order valence-electron chi connectivity index (χ3n) is 4.96. The topological polar surface area (TPSA) is 85.2 Å². The lowest BCUT2D eigenvalue weighted by atomic mass is 9.92. The first-order chi connectivity index (χ1) is 11.5. The first-order valence-electron chi connectivity index (χ1n) is 8.19. The molecule has 0 unspecified atom stereocenters. The van der Waals surface area contributed by atoms with E-state index in [-0.39, 0.29) is 23.7 Å². The number of aromatic nitrogens is 2. The van der Waals surface area contributed by atoms with Gasteiger partial charge < -0.3 is 15.1 Å². The van der Waals surface area contributed by atoms with E-state index < -0.39 is 0 Å². The number of nitriles is 1. The van der Waals surface area contributed by atoms with Crippen LogP contribution in [0.1, 0.15) is 25.3 Å². The number of piperidine rings is 1. The molecule has 1 aromatic heterocycles. The summed E-state index contributed by atoms with van der Waals surface area (Å²) in [5.74, 6) is 1.95. The molecule has 1 fully saturated rings. The lowest BCUT2D eigenvalue weighted by Crippen LogP contribution is -2.53. The Kier molecular flexibility index (Phi) is 4.76. The Bertz CT molecular complexity index is 688. The highest BCUT2D eigenvalue weighted by Crippen LogP contribution is 2.33. The fourth-order valence-corrected chi connectivity index (χ4v) is 3.70. The standard InChI is InChI=1S/C16H21ClN6O/c1-10-5-8-23(13(24)3-6-18)9-12(10)22(2)15-11-4-7-19-14(11)20-16(17)21-15/h10,12H,3-5,7-9H2,1-2H3,(H,19,20,21)/t10-,12+/m1/s1. The average Bonchev–Trinajstić information content (AvgIpc) is 3.02. The van der Waals surface area contributed by atoms with Gasteiger partial charge in [0.1, 0.15) is 18.1 Å². The second-order valence-corrected chi connectivity index (χ2v) is 6.78. The van der Waals surface area contributed by atoms with E-state index in [2.05, 4.69) is 27.1 Å². The fraction of sp³-hybridized carbons (Fsp3) is 0.625. The summed E-state index contributed by atoms with van der Waals surface area (Å²) in [4.78, 5) is 24.7. The van der Waals surface area contributed by atoms with Gasteiger partial charge in [-0.3, -0.25) is 4.79 Å². The van der Waals surface area contributed by atoms with Gasteiger partial charge in [0.25, 0.3) is 0 Å². The summed E-state index contributed by atoms with van der Waals surface area (Å²) in [6.07, 6.45) is 1.71.